The Hall–Kier alpha value is -7.51. The van der Waals surface area contributed by atoms with Gasteiger partial charge in [0.1, 0.15) is 66.7 Å². The van der Waals surface area contributed by atoms with Crippen molar-refractivity contribution in [1.29, 1.82) is 5.26 Å². The van der Waals surface area contributed by atoms with E-state index in [0.717, 1.165) is 23.6 Å². The number of nitrogens with two attached hydrogens (primary N) is 4. The minimum Gasteiger partial charge on any atom is -0.504 e. The van der Waals surface area contributed by atoms with Crippen molar-refractivity contribution >= 4 is 45.6 Å². The van der Waals surface area contributed by atoms with Crippen LogP contribution >= 0.6 is 0 Å². The zero-order valence-corrected chi connectivity index (χ0v) is 41.6. The minimum atomic E-state index is -4.58. The number of hydrogen-bond donors (Lipinski definition) is 12. The van der Waals surface area contributed by atoms with Gasteiger partial charge < -0.3 is 68.0 Å². The molecule has 3 aromatic carbocycles. The Balaban J connectivity index is 1.68. The maximum Gasteiger partial charge on any atom is 0.326 e. The number of likely N-dealkylation sites (N-methyl/N-ethyl adjacent to an activating group) is 1. The molecule has 6 atom stereocenters. The van der Waals surface area contributed by atoms with Gasteiger partial charge in [-0.2, -0.15) is 18.4 Å². The first-order valence-corrected chi connectivity index (χ1v) is 24.1. The standard InChI is InChI=1S/C47H60N12O13S/c1-22-37(40(51)58-41(54-22)30-9-8-27(47(3,4)5)13-26(30)16-48)43(64)57-34(19-53-73(52,69)70)45(66)59(6)38-25-14-32(39(62)36(15-25)72-21-29(61)18-50)31-11-24(7-10-35(31)71-20-28(60)17-49)12-33(46(67)68)56-42(63)23(2)55-44(38)65/h7-11,13-15,23,28-29,33-34,38,53,60-62H,12,17-21,49-50H2,1-6H3,(H,55,65)(H,56,63)(H,57,64)(H,67,68)(H2,51,54,58)(H2,52,69,70)/t23-,28+,29+,33-,34-,38-/m0/s1. The number of aryl methyl sites for hydroxylation is 1. The van der Waals surface area contributed by atoms with Gasteiger partial charge in [-0.15, -0.1) is 0 Å². The number of anilines is 1. The summed E-state index contributed by atoms with van der Waals surface area (Å²) in [5.41, 5.74) is 18.3. The fourth-order valence-corrected chi connectivity index (χ4v) is 7.99. The number of nitrogens with zero attached hydrogens (tertiary/aromatic N) is 4. The van der Waals surface area contributed by atoms with Crippen LogP contribution in [0.25, 0.3) is 22.5 Å². The molecule has 4 amide bonds. The number of rotatable bonds is 17. The molecule has 0 radical (unpaired) electrons. The first-order chi connectivity index (χ1) is 34.2. The third-order valence-electron chi connectivity index (χ3n) is 11.6. The number of aromatic hydroxyl groups is 1. The number of ether oxygens (including phenoxy) is 2. The molecule has 4 bridgehead atoms. The van der Waals surface area contributed by atoms with Gasteiger partial charge in [0.15, 0.2) is 17.3 Å². The highest BCUT2D eigenvalue weighted by atomic mass is 32.2. The lowest BCUT2D eigenvalue weighted by atomic mass is 9.85. The van der Waals surface area contributed by atoms with Crippen molar-refractivity contribution in [2.75, 3.05) is 45.6 Å². The van der Waals surface area contributed by atoms with Crippen molar-refractivity contribution in [3.8, 4) is 45.8 Å². The molecule has 4 aromatic rings. The van der Waals surface area contributed by atoms with Crippen molar-refractivity contribution in [2.45, 2.75) is 82.8 Å². The monoisotopic (exact) mass is 1030 g/mol. The van der Waals surface area contributed by atoms with Crippen LogP contribution in [0, 0.1) is 18.3 Å². The second kappa shape index (κ2) is 23.4. The van der Waals surface area contributed by atoms with E-state index in [-0.39, 0.29) is 93.7 Å². The predicted octanol–water partition coefficient (Wildman–Crippen LogP) is -1.31. The average Bonchev–Trinajstić information content (AvgIpc) is 3.32. The van der Waals surface area contributed by atoms with Crippen LogP contribution in [0.1, 0.15) is 72.0 Å². The molecule has 25 nitrogen and oxygen atoms in total. The molecule has 26 heteroatoms. The summed E-state index contributed by atoms with van der Waals surface area (Å²) in [4.78, 5) is 79.4. The number of nitrogens with one attached hydrogen (secondary N) is 4. The number of hydrogen-bond acceptors (Lipinski definition) is 18. The molecule has 0 saturated heterocycles. The molecular weight excluding hydrogens is 973 g/mol. The van der Waals surface area contributed by atoms with E-state index in [1.54, 1.807) is 18.2 Å². The highest BCUT2D eigenvalue weighted by Gasteiger charge is 2.38. The molecule has 16 N–H and O–H groups in total. The van der Waals surface area contributed by atoms with Gasteiger partial charge in [0.2, 0.25) is 17.7 Å². The number of carbonyl (C=O) groups excluding carboxylic acids is 4. The van der Waals surface area contributed by atoms with E-state index in [9.17, 15) is 58.1 Å². The fraction of sp³-hybridized carbons (Fsp3) is 0.404. The first kappa shape index (κ1) is 56.4. The Kier molecular flexibility index (Phi) is 18.0. The normalized spacial score (nSPS) is 17.4. The van der Waals surface area contributed by atoms with Crippen molar-refractivity contribution < 1.29 is 62.3 Å². The van der Waals surface area contributed by atoms with Gasteiger partial charge in [-0.3, -0.25) is 19.2 Å². The summed E-state index contributed by atoms with van der Waals surface area (Å²) in [5.74, 6) is -7.17. The number of nitrogen functional groups attached to an aromatic ring is 1. The van der Waals surface area contributed by atoms with Crippen LogP contribution in [0.4, 0.5) is 5.82 Å². The first-order valence-electron chi connectivity index (χ1n) is 22.6. The number of amides is 4. The van der Waals surface area contributed by atoms with Gasteiger partial charge in [0.25, 0.3) is 16.1 Å². The topological polar surface area (TPSA) is 424 Å². The lowest BCUT2D eigenvalue weighted by Gasteiger charge is -2.33. The Bertz CT molecular complexity index is 2900. The van der Waals surface area contributed by atoms with Gasteiger partial charge >= 0.3 is 5.97 Å². The van der Waals surface area contributed by atoms with Gasteiger partial charge in [0, 0.05) is 49.8 Å². The molecule has 0 spiro atoms. The summed E-state index contributed by atoms with van der Waals surface area (Å²) in [6.07, 6.45) is -2.76. The lowest BCUT2D eigenvalue weighted by Crippen LogP contribution is -2.57. The molecule has 0 fully saturated rings. The third-order valence-corrected chi connectivity index (χ3v) is 12.2. The summed E-state index contributed by atoms with van der Waals surface area (Å²) in [5, 5.41) is 65.3. The minimum absolute atomic E-state index is 0.000701. The molecule has 73 heavy (non-hydrogen) atoms. The second-order valence-electron chi connectivity index (χ2n) is 18.3. The quantitative estimate of drug-likeness (QED) is 0.0584. The summed E-state index contributed by atoms with van der Waals surface area (Å²) in [6.45, 7) is 6.28. The van der Waals surface area contributed by atoms with Crippen LogP contribution in [0.2, 0.25) is 0 Å². The highest BCUT2D eigenvalue weighted by Crippen LogP contribution is 2.45. The lowest BCUT2D eigenvalue weighted by molar-refractivity contribution is -0.143. The number of carboxylic acid groups (broad SMARTS) is 1. The molecule has 0 saturated carbocycles. The molecular formula is C47H60N12O13S. The smallest absolute Gasteiger partial charge is 0.326 e. The number of carboxylic acids is 1. The Morgan fingerprint density at radius 2 is 1.59 bits per heavy atom. The van der Waals surface area contributed by atoms with Crippen LogP contribution in [-0.4, -0.2) is 144 Å². The molecule has 5 rings (SSSR count). The SMILES string of the molecule is Cc1nc(-c2ccc(C(C)(C)C)cc2C#N)nc(N)c1C(=O)N[C@@H](CNS(N)(=O)=O)C(=O)N(C)[C@@H]1C(=O)N[C@@H](C)C(=O)N[C@H](C(=O)O)Cc2ccc(OC[C@H](O)CN)c(c2)-c2cc1cc(OC[C@H](O)CN)c2O. The number of nitriles is 1. The van der Waals surface area contributed by atoms with Gasteiger partial charge in [-0.1, -0.05) is 32.9 Å². The molecule has 392 valence electrons. The van der Waals surface area contributed by atoms with Crippen molar-refractivity contribution in [3.63, 3.8) is 0 Å². The molecule has 2 heterocycles. The number of aromatic nitrogens is 2. The highest BCUT2D eigenvalue weighted by molar-refractivity contribution is 7.87. The Labute approximate surface area is 420 Å². The summed E-state index contributed by atoms with van der Waals surface area (Å²) < 4.78 is 38.3. The van der Waals surface area contributed by atoms with E-state index >= 15 is 0 Å². The second-order valence-corrected chi connectivity index (χ2v) is 19.6. The predicted molar refractivity (Wildman–Crippen MR) is 263 cm³/mol. The number of aliphatic hydroxyl groups excluding tert-OH is 2. The van der Waals surface area contributed by atoms with Crippen molar-refractivity contribution in [2.24, 2.45) is 16.6 Å². The maximum absolute atomic E-state index is 14.9. The number of fused-ring (bicyclic) bond motifs is 5. The van der Waals surface area contributed by atoms with E-state index in [1.165, 1.54) is 38.1 Å². The van der Waals surface area contributed by atoms with Crippen molar-refractivity contribution in [1.82, 2.24) is 35.5 Å². The van der Waals surface area contributed by atoms with Gasteiger partial charge in [-0.05, 0) is 72.4 Å². The van der Waals surface area contributed by atoms with E-state index in [4.69, 9.17) is 31.8 Å². The number of aliphatic carboxylic acids is 1. The summed E-state index contributed by atoms with van der Waals surface area (Å²) in [7, 11) is -3.48. The van der Waals surface area contributed by atoms with Crippen LogP contribution < -0.4 is 52.5 Å². The number of carbonyl (C=O) groups is 5. The van der Waals surface area contributed by atoms with Crippen molar-refractivity contribution in [3.05, 3.63) is 82.0 Å². The zero-order valence-electron chi connectivity index (χ0n) is 40.8. The van der Waals surface area contributed by atoms with E-state index in [1.807, 2.05) is 25.5 Å². The molecule has 0 unspecified atom stereocenters. The Morgan fingerprint density at radius 1 is 0.945 bits per heavy atom. The van der Waals surface area contributed by atoms with Crippen LogP contribution in [0.15, 0.2) is 48.5 Å². The maximum atomic E-state index is 14.9. The molecule has 0 aliphatic carbocycles. The third kappa shape index (κ3) is 13.9. The molecule has 1 aliphatic heterocycles. The fourth-order valence-electron chi connectivity index (χ4n) is 7.59. The summed E-state index contributed by atoms with van der Waals surface area (Å²) >= 11 is 0. The van der Waals surface area contributed by atoms with Gasteiger partial charge in [-0.25, -0.2) is 19.9 Å². The number of aliphatic hydroxyl groups is 2. The molecule has 1 aliphatic rings. The molecule has 1 aromatic heterocycles. The van der Waals surface area contributed by atoms with Gasteiger partial charge in [0.05, 0.1) is 17.3 Å². The zero-order chi connectivity index (χ0) is 54.3. The van der Waals surface area contributed by atoms with E-state index in [0.29, 0.717) is 5.56 Å². The number of benzene rings is 3. The number of phenols is 1. The number of phenolic OH excluding ortho intramolecular Hbond substituents is 1. The van der Waals surface area contributed by atoms with E-state index in [2.05, 4.69) is 32.0 Å². The van der Waals surface area contributed by atoms with Crippen LogP contribution in [0.3, 0.4) is 0 Å². The van der Waals surface area contributed by atoms with Crippen LogP contribution in [0.5, 0.6) is 17.2 Å². The summed E-state index contributed by atoms with van der Waals surface area (Å²) in [6, 6.07) is 7.09. The Morgan fingerprint density at radius 3 is 2.16 bits per heavy atom. The average molecular weight is 1030 g/mol. The van der Waals surface area contributed by atoms with Crippen LogP contribution in [-0.2, 0) is 41.2 Å². The van der Waals surface area contributed by atoms with E-state index < -0.39 is 95.1 Å². The largest absolute Gasteiger partial charge is 0.504 e.